The lowest BCUT2D eigenvalue weighted by molar-refractivity contribution is -0.0629. The molecule has 0 amide bonds. The summed E-state index contributed by atoms with van der Waals surface area (Å²) in [6, 6.07) is 0. The number of halogens is 3. The first kappa shape index (κ1) is 11.6. The smallest absolute Gasteiger partial charge is 0.302 e. The fourth-order valence-corrected chi connectivity index (χ4v) is 2.35. The summed E-state index contributed by atoms with van der Waals surface area (Å²) >= 11 is 0. The van der Waals surface area contributed by atoms with Gasteiger partial charge in [-0.25, -0.2) is 0 Å². The van der Waals surface area contributed by atoms with Crippen molar-refractivity contribution in [3.8, 4) is 0 Å². The van der Waals surface area contributed by atoms with E-state index in [1.807, 2.05) is 7.05 Å². The van der Waals surface area contributed by atoms with Gasteiger partial charge in [-0.2, -0.15) is 13.2 Å². The van der Waals surface area contributed by atoms with E-state index in [9.17, 15) is 13.2 Å². The van der Waals surface area contributed by atoms with E-state index >= 15 is 0 Å². The summed E-state index contributed by atoms with van der Waals surface area (Å²) in [7, 11) is 1.98. The van der Waals surface area contributed by atoms with Crippen LogP contribution >= 0.6 is 0 Å². The Morgan fingerprint density at radius 3 is 2.69 bits per heavy atom. The summed E-state index contributed by atoms with van der Waals surface area (Å²) in [4.78, 5) is 5.96. The molecule has 2 heterocycles. The molecule has 0 saturated heterocycles. The van der Waals surface area contributed by atoms with E-state index in [-0.39, 0.29) is 0 Å². The molecule has 90 valence electrons. The molecule has 0 aromatic carbocycles. The van der Waals surface area contributed by atoms with Gasteiger partial charge < -0.3 is 4.90 Å². The Morgan fingerprint density at radius 2 is 2.06 bits per heavy atom. The maximum atomic E-state index is 12.7. The molecule has 1 atom stereocenters. The quantitative estimate of drug-likeness (QED) is 0.627. The van der Waals surface area contributed by atoms with Crippen LogP contribution < -0.4 is 0 Å². The highest BCUT2D eigenvalue weighted by Gasteiger charge is 2.41. The molecule has 0 bridgehead atoms. The maximum Gasteiger partial charge on any atom is 0.429 e. The van der Waals surface area contributed by atoms with Crippen molar-refractivity contribution >= 4 is 5.71 Å². The lowest BCUT2D eigenvalue weighted by Crippen LogP contribution is -2.36. The van der Waals surface area contributed by atoms with Crippen molar-refractivity contribution < 1.29 is 13.2 Å². The Morgan fingerprint density at radius 1 is 1.38 bits per heavy atom. The Balaban J connectivity index is 2.31. The Bertz CT molecular complexity index is 355. The zero-order valence-electron chi connectivity index (χ0n) is 9.43. The molecular weight excluding hydrogens is 217 g/mol. The van der Waals surface area contributed by atoms with E-state index < -0.39 is 17.8 Å². The second kappa shape index (κ2) is 3.87. The number of nitrogens with zero attached hydrogens (tertiary/aromatic N) is 2. The molecule has 0 aromatic heterocycles. The molecule has 0 aliphatic carbocycles. The van der Waals surface area contributed by atoms with Crippen molar-refractivity contribution in [3.63, 3.8) is 0 Å². The van der Waals surface area contributed by atoms with Crippen LogP contribution in [0.5, 0.6) is 0 Å². The van der Waals surface area contributed by atoms with Gasteiger partial charge in [-0.05, 0) is 19.0 Å². The van der Waals surface area contributed by atoms with E-state index in [1.54, 1.807) is 6.92 Å². The first-order valence-corrected chi connectivity index (χ1v) is 5.43. The van der Waals surface area contributed by atoms with Crippen LogP contribution in [0.15, 0.2) is 16.3 Å². The molecule has 2 aliphatic heterocycles. The second-order valence-electron chi connectivity index (χ2n) is 4.64. The van der Waals surface area contributed by atoms with Gasteiger partial charge >= 0.3 is 6.18 Å². The van der Waals surface area contributed by atoms with Crippen molar-refractivity contribution in [3.05, 3.63) is 11.3 Å². The molecule has 0 aromatic rings. The van der Waals surface area contributed by atoms with Crippen LogP contribution in [-0.2, 0) is 0 Å². The van der Waals surface area contributed by atoms with E-state index in [2.05, 4.69) is 9.89 Å². The van der Waals surface area contributed by atoms with Crippen LogP contribution in [0.25, 0.3) is 0 Å². The van der Waals surface area contributed by atoms with Crippen molar-refractivity contribution in [2.75, 3.05) is 20.1 Å². The van der Waals surface area contributed by atoms with E-state index in [1.165, 1.54) is 0 Å². The fraction of sp³-hybridized carbons (Fsp3) is 0.727. The zero-order valence-corrected chi connectivity index (χ0v) is 9.43. The molecule has 1 unspecified atom stereocenters. The molecule has 0 N–H and O–H groups in total. The highest BCUT2D eigenvalue weighted by atomic mass is 19.4. The minimum absolute atomic E-state index is 0.498. The maximum absolute atomic E-state index is 12.7. The summed E-state index contributed by atoms with van der Waals surface area (Å²) in [5.74, 6) is -0.509. The van der Waals surface area contributed by atoms with Gasteiger partial charge in [0.05, 0.1) is 0 Å². The summed E-state index contributed by atoms with van der Waals surface area (Å²) in [5.41, 5.74) is 1.15. The third kappa shape index (κ3) is 2.14. The topological polar surface area (TPSA) is 15.6 Å². The highest BCUT2D eigenvalue weighted by molar-refractivity contribution is 5.93. The largest absolute Gasteiger partial charge is 0.429 e. The number of hydrogen-bond donors (Lipinski definition) is 0. The summed E-state index contributed by atoms with van der Waals surface area (Å²) in [6.07, 6.45) is -3.14. The number of aliphatic imine (C=N–C) groups is 1. The molecule has 0 radical (unpaired) electrons. The highest BCUT2D eigenvalue weighted by Crippen LogP contribution is 2.34. The van der Waals surface area contributed by atoms with Gasteiger partial charge in [-0.15, -0.1) is 0 Å². The van der Waals surface area contributed by atoms with Crippen molar-refractivity contribution in [2.24, 2.45) is 10.9 Å². The van der Waals surface area contributed by atoms with Crippen LogP contribution in [0.3, 0.4) is 0 Å². The molecule has 0 saturated carbocycles. The van der Waals surface area contributed by atoms with Crippen LogP contribution in [0, 0.1) is 5.92 Å². The molecule has 2 rings (SSSR count). The first-order chi connectivity index (χ1) is 7.38. The van der Waals surface area contributed by atoms with Gasteiger partial charge in [0.15, 0.2) is 0 Å². The predicted octanol–water partition coefficient (Wildman–Crippen LogP) is 2.62. The minimum atomic E-state index is -4.28. The monoisotopic (exact) mass is 232 g/mol. The van der Waals surface area contributed by atoms with E-state index in [0.717, 1.165) is 18.7 Å². The average molecular weight is 232 g/mol. The lowest BCUT2D eigenvalue weighted by Gasteiger charge is -2.32. The van der Waals surface area contributed by atoms with Gasteiger partial charge in [-0.3, -0.25) is 4.99 Å². The van der Waals surface area contributed by atoms with Crippen LogP contribution in [-0.4, -0.2) is 36.9 Å². The van der Waals surface area contributed by atoms with Crippen molar-refractivity contribution in [2.45, 2.75) is 25.9 Å². The van der Waals surface area contributed by atoms with Gasteiger partial charge in [-0.1, -0.05) is 6.92 Å². The third-order valence-electron chi connectivity index (χ3n) is 3.16. The molecular formula is C11H15F3N2. The number of likely N-dealkylation sites (N-methyl/N-ethyl adjacent to an activating group) is 1. The van der Waals surface area contributed by atoms with Crippen molar-refractivity contribution in [1.82, 2.24) is 4.90 Å². The van der Waals surface area contributed by atoms with Gasteiger partial charge in [0.2, 0.25) is 0 Å². The van der Waals surface area contributed by atoms with Crippen molar-refractivity contribution in [1.29, 1.82) is 0 Å². The summed E-state index contributed by atoms with van der Waals surface area (Å²) in [6.45, 7) is 3.15. The Labute approximate surface area is 92.8 Å². The number of rotatable bonds is 0. The van der Waals surface area contributed by atoms with E-state index in [4.69, 9.17) is 0 Å². The summed E-state index contributed by atoms with van der Waals surface area (Å²) < 4.78 is 38.0. The lowest BCUT2D eigenvalue weighted by atomic mass is 9.89. The number of hydrogen-bond acceptors (Lipinski definition) is 2. The molecule has 5 heteroatoms. The molecule has 16 heavy (non-hydrogen) atoms. The molecule has 0 spiro atoms. The fourth-order valence-electron chi connectivity index (χ4n) is 2.35. The van der Waals surface area contributed by atoms with Crippen LogP contribution in [0.2, 0.25) is 0 Å². The third-order valence-corrected chi connectivity index (χ3v) is 3.16. The van der Waals surface area contributed by atoms with Gasteiger partial charge in [0, 0.05) is 31.1 Å². The average Bonchev–Trinajstić information content (AvgIpc) is 2.14. The van der Waals surface area contributed by atoms with E-state index in [0.29, 0.717) is 18.5 Å². The van der Waals surface area contributed by atoms with Gasteiger partial charge in [0.1, 0.15) is 5.71 Å². The molecule has 2 nitrogen and oxygen atoms in total. The molecule has 0 fully saturated rings. The van der Waals surface area contributed by atoms with Crippen LogP contribution in [0.4, 0.5) is 13.2 Å². The van der Waals surface area contributed by atoms with Gasteiger partial charge in [0.25, 0.3) is 0 Å². The normalized spacial score (nSPS) is 27.8. The minimum Gasteiger partial charge on any atom is -0.302 e. The molecule has 2 aliphatic rings. The SMILES string of the molecule is CC1CC2=C(CCN(C)C2)N=C1C(F)(F)F. The summed E-state index contributed by atoms with van der Waals surface area (Å²) in [5, 5.41) is 0. The Kier molecular flexibility index (Phi) is 2.82. The van der Waals surface area contributed by atoms with Crippen LogP contribution in [0.1, 0.15) is 19.8 Å². The number of alkyl halides is 3. The predicted molar refractivity (Wildman–Crippen MR) is 56.4 cm³/mol. The second-order valence-corrected chi connectivity index (χ2v) is 4.64. The standard InChI is InChI=1S/C11H15F3N2/c1-7-5-8-6-16(2)4-3-9(8)15-10(7)11(12,13)14/h7H,3-6H2,1-2H3. The Hall–Kier alpha value is -0.840. The first-order valence-electron chi connectivity index (χ1n) is 5.43. The zero-order chi connectivity index (χ0) is 11.9.